The highest BCUT2D eigenvalue weighted by molar-refractivity contribution is 8.01. The molecule has 0 radical (unpaired) electrons. The molecule has 9 heteroatoms. The number of nitrogens with zero attached hydrogens (tertiary/aromatic N) is 3. The predicted molar refractivity (Wildman–Crippen MR) is 95.4 cm³/mol. The second-order valence-electron chi connectivity index (χ2n) is 4.74. The SMILES string of the molecule is COC(=O)C(Sc1ncccn1)/C(C)=N/NC(=O)Nc1ccccc1. The second kappa shape index (κ2) is 9.38. The Morgan fingerprint density at radius 1 is 1.16 bits per heavy atom. The molecule has 1 heterocycles. The van der Waals surface area contributed by atoms with Crippen molar-refractivity contribution in [3.63, 3.8) is 0 Å². The van der Waals surface area contributed by atoms with Crippen molar-refractivity contribution in [2.75, 3.05) is 12.4 Å². The van der Waals surface area contributed by atoms with Gasteiger partial charge in [-0.15, -0.1) is 0 Å². The molecule has 0 aliphatic carbocycles. The maximum atomic E-state index is 12.0. The molecule has 0 aliphatic rings. The van der Waals surface area contributed by atoms with Crippen molar-refractivity contribution in [2.45, 2.75) is 17.3 Å². The molecule has 1 atom stereocenters. The molecule has 1 unspecified atom stereocenters. The van der Waals surface area contributed by atoms with E-state index in [-0.39, 0.29) is 0 Å². The predicted octanol–water partition coefficient (Wildman–Crippen LogP) is 2.31. The Morgan fingerprint density at radius 2 is 1.84 bits per heavy atom. The highest BCUT2D eigenvalue weighted by Gasteiger charge is 2.25. The molecule has 130 valence electrons. The number of esters is 1. The molecule has 0 bridgehead atoms. The van der Waals surface area contributed by atoms with Gasteiger partial charge in [0, 0.05) is 18.1 Å². The van der Waals surface area contributed by atoms with Gasteiger partial charge in [-0.05, 0) is 25.1 Å². The summed E-state index contributed by atoms with van der Waals surface area (Å²) in [7, 11) is 1.28. The lowest BCUT2D eigenvalue weighted by Gasteiger charge is -2.13. The smallest absolute Gasteiger partial charge is 0.339 e. The third kappa shape index (κ3) is 5.88. The lowest BCUT2D eigenvalue weighted by Crippen LogP contribution is -2.31. The Morgan fingerprint density at radius 3 is 2.48 bits per heavy atom. The van der Waals surface area contributed by atoms with Crippen LogP contribution in [0.4, 0.5) is 10.5 Å². The van der Waals surface area contributed by atoms with Gasteiger partial charge < -0.3 is 10.1 Å². The number of para-hydroxylation sites is 1. The average Bonchev–Trinajstić information content (AvgIpc) is 2.65. The van der Waals surface area contributed by atoms with Crippen molar-refractivity contribution in [3.8, 4) is 0 Å². The number of thioether (sulfide) groups is 1. The number of nitrogens with one attached hydrogen (secondary N) is 2. The van der Waals surface area contributed by atoms with Gasteiger partial charge in [-0.25, -0.2) is 20.2 Å². The Bertz CT molecular complexity index is 740. The van der Waals surface area contributed by atoms with Crippen LogP contribution in [0, 0.1) is 0 Å². The minimum absolute atomic E-state index is 0.354. The number of rotatable bonds is 6. The van der Waals surface area contributed by atoms with Crippen LogP contribution in [0.25, 0.3) is 0 Å². The lowest BCUT2D eigenvalue weighted by molar-refractivity contribution is -0.138. The van der Waals surface area contributed by atoms with E-state index in [0.717, 1.165) is 11.8 Å². The maximum Gasteiger partial charge on any atom is 0.339 e. The minimum Gasteiger partial charge on any atom is -0.468 e. The van der Waals surface area contributed by atoms with Crippen LogP contribution in [0.15, 0.2) is 59.0 Å². The molecule has 25 heavy (non-hydrogen) atoms. The standard InChI is InChI=1S/C16H17N5O3S/c1-11(20-21-15(23)19-12-7-4-3-5-8-12)13(14(22)24-2)25-16-17-9-6-10-18-16/h3-10,13H,1-2H3,(H2,19,21,23)/b20-11+. The van der Waals surface area contributed by atoms with E-state index >= 15 is 0 Å². The number of methoxy groups -OCH3 is 1. The van der Waals surface area contributed by atoms with Gasteiger partial charge in [0.25, 0.3) is 0 Å². The minimum atomic E-state index is -0.774. The molecule has 0 fully saturated rings. The van der Waals surface area contributed by atoms with E-state index in [1.54, 1.807) is 49.6 Å². The first kappa shape index (κ1) is 18.4. The fourth-order valence-corrected chi connectivity index (χ4v) is 2.61. The first-order chi connectivity index (χ1) is 12.1. The Kier molecular flexibility index (Phi) is 6.90. The van der Waals surface area contributed by atoms with Crippen LogP contribution < -0.4 is 10.7 Å². The number of ether oxygens (including phenoxy) is 1. The van der Waals surface area contributed by atoms with Gasteiger partial charge in [-0.3, -0.25) is 4.79 Å². The van der Waals surface area contributed by atoms with Crippen LogP contribution in [0.1, 0.15) is 6.92 Å². The van der Waals surface area contributed by atoms with Crippen LogP contribution >= 0.6 is 11.8 Å². The number of anilines is 1. The number of carbonyl (C=O) groups is 2. The molecule has 2 rings (SSSR count). The number of hydrazone groups is 1. The van der Waals surface area contributed by atoms with Crippen LogP contribution in [0.5, 0.6) is 0 Å². The number of amides is 2. The summed E-state index contributed by atoms with van der Waals surface area (Å²) in [6.45, 7) is 1.61. The van der Waals surface area contributed by atoms with Crippen molar-refractivity contribution < 1.29 is 14.3 Å². The van der Waals surface area contributed by atoms with Gasteiger partial charge in [0.2, 0.25) is 0 Å². The summed E-state index contributed by atoms with van der Waals surface area (Å²) in [4.78, 5) is 32.0. The van der Waals surface area contributed by atoms with Crippen LogP contribution in [0.3, 0.4) is 0 Å². The van der Waals surface area contributed by atoms with E-state index in [4.69, 9.17) is 4.74 Å². The molecule has 0 spiro atoms. The quantitative estimate of drug-likeness (QED) is 0.270. The van der Waals surface area contributed by atoms with Gasteiger partial charge in [-0.1, -0.05) is 30.0 Å². The van der Waals surface area contributed by atoms with Crippen molar-refractivity contribution in [2.24, 2.45) is 5.10 Å². The Balaban J connectivity index is 2.02. The molecule has 2 aromatic rings. The van der Waals surface area contributed by atoms with Crippen molar-refractivity contribution in [3.05, 3.63) is 48.8 Å². The average molecular weight is 359 g/mol. The summed E-state index contributed by atoms with van der Waals surface area (Å²) in [5, 5.41) is 6.22. The molecule has 8 nitrogen and oxygen atoms in total. The third-order valence-electron chi connectivity index (χ3n) is 2.93. The largest absolute Gasteiger partial charge is 0.468 e. The zero-order chi connectivity index (χ0) is 18.1. The number of urea groups is 1. The maximum absolute atomic E-state index is 12.0. The van der Waals surface area contributed by atoms with E-state index < -0.39 is 17.3 Å². The van der Waals surface area contributed by atoms with Gasteiger partial charge in [-0.2, -0.15) is 5.10 Å². The van der Waals surface area contributed by atoms with E-state index in [1.807, 2.05) is 6.07 Å². The molecule has 2 amide bonds. The van der Waals surface area contributed by atoms with Gasteiger partial charge in [0.1, 0.15) is 5.25 Å². The molecular formula is C16H17N5O3S. The summed E-state index contributed by atoms with van der Waals surface area (Å²) in [6.07, 6.45) is 3.14. The van der Waals surface area contributed by atoms with Gasteiger partial charge >= 0.3 is 12.0 Å². The zero-order valence-electron chi connectivity index (χ0n) is 13.7. The molecule has 1 aromatic carbocycles. The van der Waals surface area contributed by atoms with E-state index in [2.05, 4.69) is 25.8 Å². The first-order valence-corrected chi connectivity index (χ1v) is 8.16. The fraction of sp³-hybridized carbons (Fsp3) is 0.188. The van der Waals surface area contributed by atoms with Crippen LogP contribution in [0.2, 0.25) is 0 Å². The zero-order valence-corrected chi connectivity index (χ0v) is 14.5. The number of benzene rings is 1. The van der Waals surface area contributed by atoms with E-state index in [0.29, 0.717) is 16.6 Å². The third-order valence-corrected chi connectivity index (χ3v) is 4.12. The summed E-state index contributed by atoms with van der Waals surface area (Å²) >= 11 is 1.09. The first-order valence-electron chi connectivity index (χ1n) is 7.28. The van der Waals surface area contributed by atoms with Crippen molar-refractivity contribution in [1.29, 1.82) is 0 Å². The van der Waals surface area contributed by atoms with Crippen molar-refractivity contribution >= 4 is 35.2 Å². The topological polar surface area (TPSA) is 106 Å². The highest BCUT2D eigenvalue weighted by Crippen LogP contribution is 2.21. The Labute approximate surface area is 149 Å². The summed E-state index contributed by atoms with van der Waals surface area (Å²) in [5.41, 5.74) is 3.34. The number of aromatic nitrogens is 2. The summed E-state index contributed by atoms with van der Waals surface area (Å²) < 4.78 is 4.78. The van der Waals surface area contributed by atoms with Gasteiger partial charge in [0.05, 0.1) is 12.8 Å². The molecular weight excluding hydrogens is 342 g/mol. The molecule has 0 aliphatic heterocycles. The van der Waals surface area contributed by atoms with Crippen LogP contribution in [-0.2, 0) is 9.53 Å². The number of hydrogen-bond donors (Lipinski definition) is 2. The molecule has 1 aromatic heterocycles. The Hall–Kier alpha value is -2.94. The monoisotopic (exact) mass is 359 g/mol. The van der Waals surface area contributed by atoms with E-state index in [1.165, 1.54) is 7.11 Å². The number of hydrogen-bond acceptors (Lipinski definition) is 7. The highest BCUT2D eigenvalue weighted by atomic mass is 32.2. The molecule has 2 N–H and O–H groups in total. The molecule has 0 saturated heterocycles. The van der Waals surface area contributed by atoms with Crippen molar-refractivity contribution in [1.82, 2.24) is 15.4 Å². The van der Waals surface area contributed by atoms with E-state index in [9.17, 15) is 9.59 Å². The lowest BCUT2D eigenvalue weighted by atomic mass is 10.3. The summed E-state index contributed by atoms with van der Waals surface area (Å²) in [5.74, 6) is -0.510. The normalized spacial score (nSPS) is 12.2. The second-order valence-corrected chi connectivity index (χ2v) is 5.81. The summed E-state index contributed by atoms with van der Waals surface area (Å²) in [6, 6.07) is 10.1. The fourth-order valence-electron chi connectivity index (χ4n) is 1.74. The molecule has 0 saturated carbocycles. The van der Waals surface area contributed by atoms with Gasteiger partial charge in [0.15, 0.2) is 5.16 Å². The number of carbonyl (C=O) groups excluding carboxylic acids is 2. The van der Waals surface area contributed by atoms with Crippen LogP contribution in [-0.4, -0.2) is 40.0 Å².